The number of hydrogen-bond acceptors (Lipinski definition) is 8. The highest BCUT2D eigenvalue weighted by molar-refractivity contribution is 7.47. The van der Waals surface area contributed by atoms with Crippen molar-refractivity contribution < 1.29 is 37.6 Å². The molecule has 0 rings (SSSR count). The van der Waals surface area contributed by atoms with E-state index in [9.17, 15) is 19.0 Å². The minimum absolute atomic E-state index is 0.0584. The summed E-state index contributed by atoms with van der Waals surface area (Å²) in [5.74, 6) is -0.807. The Balaban J connectivity index is 3.71. The lowest BCUT2D eigenvalue weighted by atomic mass is 10.0. The van der Waals surface area contributed by atoms with E-state index in [2.05, 4.69) is 13.8 Å². The van der Waals surface area contributed by atoms with Gasteiger partial charge < -0.3 is 20.1 Å². The summed E-state index contributed by atoms with van der Waals surface area (Å²) < 4.78 is 33.0. The van der Waals surface area contributed by atoms with Gasteiger partial charge in [-0.15, -0.1) is 0 Å². The van der Waals surface area contributed by atoms with Crippen LogP contribution in [-0.2, 0) is 32.7 Å². The first-order valence-electron chi connectivity index (χ1n) is 30.5. The molecule has 0 aliphatic carbocycles. The number of phosphoric ester groups is 1. The molecule has 0 saturated carbocycles. The number of carbonyl (C=O) groups excluding carboxylic acids is 2. The Hall–Kier alpha value is -0.990. The first kappa shape index (κ1) is 68.0. The maximum absolute atomic E-state index is 12.7. The molecule has 0 radical (unpaired) electrons. The lowest BCUT2D eigenvalue weighted by Crippen LogP contribution is -2.29. The standard InChI is InChI=1S/C59H118NO8P/c1-3-5-7-9-11-13-15-17-18-19-20-21-22-23-24-25-26-27-28-29-30-31-32-33-34-35-36-37-38-39-40-42-44-46-48-50-52-59(62)68-57(56-67-69(63,64)66-54-53-60)55-65-58(61)51-49-47-45-43-41-16-14-12-10-8-6-4-2/h57H,3-56,60H2,1-2H3,(H,63,64). The van der Waals surface area contributed by atoms with Crippen molar-refractivity contribution >= 4 is 19.8 Å². The van der Waals surface area contributed by atoms with Crippen molar-refractivity contribution in [2.75, 3.05) is 26.4 Å². The van der Waals surface area contributed by atoms with Crippen LogP contribution in [0, 0.1) is 0 Å². The van der Waals surface area contributed by atoms with Crippen molar-refractivity contribution in [1.82, 2.24) is 0 Å². The first-order valence-corrected chi connectivity index (χ1v) is 32.0. The zero-order chi connectivity index (χ0) is 50.2. The molecule has 2 unspecified atom stereocenters. The third-order valence-electron chi connectivity index (χ3n) is 14.0. The number of ether oxygens (including phenoxy) is 2. The summed E-state index contributed by atoms with van der Waals surface area (Å²) in [5, 5.41) is 0. The topological polar surface area (TPSA) is 134 Å². The van der Waals surface area contributed by atoms with E-state index in [1.807, 2.05) is 0 Å². The highest BCUT2D eigenvalue weighted by atomic mass is 31.2. The molecule has 0 saturated heterocycles. The fourth-order valence-electron chi connectivity index (χ4n) is 9.46. The van der Waals surface area contributed by atoms with Crippen molar-refractivity contribution in [2.24, 2.45) is 5.73 Å². The first-order chi connectivity index (χ1) is 33.8. The Bertz CT molecular complexity index is 1090. The summed E-state index contributed by atoms with van der Waals surface area (Å²) in [6, 6.07) is 0. The molecule has 2 atom stereocenters. The van der Waals surface area contributed by atoms with E-state index in [0.717, 1.165) is 32.1 Å². The summed E-state index contributed by atoms with van der Waals surface area (Å²) in [7, 11) is -4.38. The predicted molar refractivity (Wildman–Crippen MR) is 294 cm³/mol. The molecule has 0 aromatic rings. The van der Waals surface area contributed by atoms with E-state index in [4.69, 9.17) is 24.3 Å². The van der Waals surface area contributed by atoms with E-state index < -0.39 is 26.5 Å². The monoisotopic (exact) mass is 1000 g/mol. The van der Waals surface area contributed by atoms with E-state index in [1.54, 1.807) is 0 Å². The minimum Gasteiger partial charge on any atom is -0.462 e. The number of phosphoric acid groups is 1. The van der Waals surface area contributed by atoms with E-state index in [-0.39, 0.29) is 38.6 Å². The molecule has 69 heavy (non-hydrogen) atoms. The van der Waals surface area contributed by atoms with Crippen molar-refractivity contribution in [3.05, 3.63) is 0 Å². The Morgan fingerprint density at radius 1 is 0.377 bits per heavy atom. The second-order valence-electron chi connectivity index (χ2n) is 20.9. The summed E-state index contributed by atoms with van der Waals surface area (Å²) in [5.41, 5.74) is 5.37. The molecule has 412 valence electrons. The van der Waals surface area contributed by atoms with Crippen LogP contribution in [0.25, 0.3) is 0 Å². The van der Waals surface area contributed by atoms with E-state index >= 15 is 0 Å². The van der Waals surface area contributed by atoms with Crippen LogP contribution in [0.15, 0.2) is 0 Å². The molecule has 0 amide bonds. The molecule has 0 aliphatic heterocycles. The number of nitrogens with two attached hydrogens (primary N) is 1. The van der Waals surface area contributed by atoms with Gasteiger partial charge in [0.2, 0.25) is 0 Å². The van der Waals surface area contributed by atoms with Gasteiger partial charge in [0.05, 0.1) is 13.2 Å². The maximum Gasteiger partial charge on any atom is 0.472 e. The molecule has 0 aromatic heterocycles. The van der Waals surface area contributed by atoms with Crippen molar-refractivity contribution in [2.45, 2.75) is 341 Å². The zero-order valence-electron chi connectivity index (χ0n) is 46.1. The quantitative estimate of drug-likeness (QED) is 0.0347. The highest BCUT2D eigenvalue weighted by Gasteiger charge is 2.26. The molecule has 3 N–H and O–H groups in total. The van der Waals surface area contributed by atoms with Gasteiger partial charge >= 0.3 is 19.8 Å². The van der Waals surface area contributed by atoms with Gasteiger partial charge in [0.25, 0.3) is 0 Å². The van der Waals surface area contributed by atoms with E-state index in [0.29, 0.717) is 6.42 Å². The van der Waals surface area contributed by atoms with Crippen LogP contribution < -0.4 is 5.73 Å². The number of rotatable bonds is 59. The van der Waals surface area contributed by atoms with Gasteiger partial charge in [0, 0.05) is 19.4 Å². The number of esters is 2. The van der Waals surface area contributed by atoms with Crippen LogP contribution in [0.5, 0.6) is 0 Å². The second-order valence-corrected chi connectivity index (χ2v) is 22.4. The summed E-state index contributed by atoms with van der Waals surface area (Å²) >= 11 is 0. The van der Waals surface area contributed by atoms with Crippen LogP contribution in [0.2, 0.25) is 0 Å². The van der Waals surface area contributed by atoms with Crippen LogP contribution in [0.4, 0.5) is 0 Å². The molecule has 10 heteroatoms. The third kappa shape index (κ3) is 56.2. The fourth-order valence-corrected chi connectivity index (χ4v) is 10.2. The number of unbranched alkanes of at least 4 members (excludes halogenated alkanes) is 46. The lowest BCUT2D eigenvalue weighted by Gasteiger charge is -2.19. The Labute approximate surface area is 428 Å². The zero-order valence-corrected chi connectivity index (χ0v) is 47.0. The van der Waals surface area contributed by atoms with Crippen molar-refractivity contribution in [3.63, 3.8) is 0 Å². The molecule has 0 heterocycles. The Morgan fingerprint density at radius 3 is 0.884 bits per heavy atom. The lowest BCUT2D eigenvalue weighted by molar-refractivity contribution is -0.161. The summed E-state index contributed by atoms with van der Waals surface area (Å²) in [6.07, 6.45) is 63.5. The van der Waals surface area contributed by atoms with E-state index in [1.165, 1.54) is 270 Å². The van der Waals surface area contributed by atoms with Crippen molar-refractivity contribution in [3.8, 4) is 0 Å². The smallest absolute Gasteiger partial charge is 0.462 e. The summed E-state index contributed by atoms with van der Waals surface area (Å²) in [4.78, 5) is 35.0. The molecule has 0 aromatic carbocycles. The predicted octanol–water partition coefficient (Wildman–Crippen LogP) is 19.1. The van der Waals surface area contributed by atoms with Gasteiger partial charge in [0.1, 0.15) is 6.61 Å². The normalized spacial score (nSPS) is 12.9. The fraction of sp³-hybridized carbons (Fsp3) is 0.966. The molecule has 0 bridgehead atoms. The van der Waals surface area contributed by atoms with Crippen LogP contribution in [0.1, 0.15) is 335 Å². The SMILES string of the molecule is CCCCCCCCCCCCCCCCCCCCCCCCCCCCCCCCCCCCCCC(=O)OC(COC(=O)CCCCCCCCCCCCCC)COP(=O)(O)OCCN. The van der Waals surface area contributed by atoms with Gasteiger partial charge in [-0.25, -0.2) is 4.57 Å². The average Bonchev–Trinajstić information content (AvgIpc) is 3.34. The van der Waals surface area contributed by atoms with Gasteiger partial charge in [-0.05, 0) is 12.8 Å². The van der Waals surface area contributed by atoms with Gasteiger partial charge in [-0.3, -0.25) is 18.6 Å². The van der Waals surface area contributed by atoms with Crippen LogP contribution in [-0.4, -0.2) is 49.3 Å². The van der Waals surface area contributed by atoms with Gasteiger partial charge in [-0.1, -0.05) is 309 Å². The number of carbonyl (C=O) groups is 2. The van der Waals surface area contributed by atoms with Crippen LogP contribution in [0.3, 0.4) is 0 Å². The molecule has 9 nitrogen and oxygen atoms in total. The van der Waals surface area contributed by atoms with Gasteiger partial charge in [-0.2, -0.15) is 0 Å². The maximum atomic E-state index is 12.7. The highest BCUT2D eigenvalue weighted by Crippen LogP contribution is 2.43. The summed E-state index contributed by atoms with van der Waals surface area (Å²) in [6.45, 7) is 3.80. The van der Waals surface area contributed by atoms with Crippen LogP contribution >= 0.6 is 7.82 Å². The third-order valence-corrected chi connectivity index (χ3v) is 15.0. The molecule has 0 fully saturated rings. The molecule has 0 aliphatic rings. The Morgan fingerprint density at radius 2 is 0.623 bits per heavy atom. The molecular weight excluding hydrogens is 882 g/mol. The average molecular weight is 1000 g/mol. The molecular formula is C59H118NO8P. The van der Waals surface area contributed by atoms with Crippen molar-refractivity contribution in [1.29, 1.82) is 0 Å². The minimum atomic E-state index is -4.38. The Kier molecular flexibility index (Phi) is 55.5. The molecule has 0 spiro atoms. The second kappa shape index (κ2) is 56.3. The van der Waals surface area contributed by atoms with Gasteiger partial charge in [0.15, 0.2) is 6.10 Å². The largest absolute Gasteiger partial charge is 0.472 e. The number of hydrogen-bond donors (Lipinski definition) is 2.